The maximum absolute atomic E-state index is 12.0. The number of carbonyl (C=O) groups is 1. The van der Waals surface area contributed by atoms with Gasteiger partial charge in [-0.2, -0.15) is 0 Å². The van der Waals surface area contributed by atoms with Crippen molar-refractivity contribution in [1.29, 1.82) is 0 Å². The molecule has 0 aliphatic heterocycles. The number of halogens is 2. The molecule has 16 heavy (non-hydrogen) atoms. The number of alkyl halides is 2. The van der Waals surface area contributed by atoms with Crippen molar-refractivity contribution in [2.45, 2.75) is 6.43 Å². The minimum atomic E-state index is -2.59. The van der Waals surface area contributed by atoms with Gasteiger partial charge in [0.15, 0.2) is 0 Å². The second kappa shape index (κ2) is 4.78. The SMILES string of the molecule is CN(CC(F)F)C(=O)c1ccc(N)c(O)c1. The summed E-state index contributed by atoms with van der Waals surface area (Å²) < 4.78 is 24.1. The number of hydrogen-bond acceptors (Lipinski definition) is 3. The van der Waals surface area contributed by atoms with Crippen LogP contribution in [0.15, 0.2) is 18.2 Å². The Morgan fingerprint density at radius 2 is 2.19 bits per heavy atom. The first-order chi connectivity index (χ1) is 7.41. The van der Waals surface area contributed by atoms with E-state index in [0.717, 1.165) is 11.0 Å². The normalized spacial score (nSPS) is 10.5. The fraction of sp³-hybridized carbons (Fsp3) is 0.300. The van der Waals surface area contributed by atoms with Crippen molar-refractivity contribution in [2.24, 2.45) is 0 Å². The standard InChI is InChI=1S/C10H12F2N2O2/c1-14(5-9(11)12)10(16)6-2-3-7(13)8(15)4-6/h2-4,9,15H,5,13H2,1H3. The third-order valence-corrected chi connectivity index (χ3v) is 2.04. The smallest absolute Gasteiger partial charge is 0.255 e. The number of aromatic hydroxyl groups is 1. The van der Waals surface area contributed by atoms with Crippen LogP contribution in [-0.4, -0.2) is 35.9 Å². The first-order valence-corrected chi connectivity index (χ1v) is 4.54. The summed E-state index contributed by atoms with van der Waals surface area (Å²) in [6.45, 7) is -0.649. The Kier molecular flexibility index (Phi) is 3.65. The summed E-state index contributed by atoms with van der Waals surface area (Å²) in [5, 5.41) is 9.27. The third kappa shape index (κ3) is 2.82. The van der Waals surface area contributed by atoms with E-state index in [4.69, 9.17) is 5.73 Å². The number of anilines is 1. The zero-order valence-electron chi connectivity index (χ0n) is 8.65. The highest BCUT2D eigenvalue weighted by Gasteiger charge is 2.16. The van der Waals surface area contributed by atoms with E-state index >= 15 is 0 Å². The average molecular weight is 230 g/mol. The molecule has 0 atom stereocenters. The highest BCUT2D eigenvalue weighted by molar-refractivity contribution is 5.95. The lowest BCUT2D eigenvalue weighted by atomic mass is 10.1. The van der Waals surface area contributed by atoms with Gasteiger partial charge in [-0.15, -0.1) is 0 Å². The molecule has 1 rings (SSSR count). The molecule has 0 heterocycles. The Morgan fingerprint density at radius 1 is 1.56 bits per heavy atom. The molecule has 0 fully saturated rings. The highest BCUT2D eigenvalue weighted by Crippen LogP contribution is 2.21. The van der Waals surface area contributed by atoms with E-state index in [1.165, 1.54) is 19.2 Å². The number of rotatable bonds is 3. The number of carbonyl (C=O) groups excluding carboxylic acids is 1. The molecule has 3 N–H and O–H groups in total. The summed E-state index contributed by atoms with van der Waals surface area (Å²) in [7, 11) is 1.27. The lowest BCUT2D eigenvalue weighted by Gasteiger charge is -2.16. The molecule has 4 nitrogen and oxygen atoms in total. The molecule has 0 aromatic heterocycles. The summed E-state index contributed by atoms with van der Waals surface area (Å²) in [5.41, 5.74) is 5.60. The molecular formula is C10H12F2N2O2. The first kappa shape index (κ1) is 12.2. The molecule has 1 amide bonds. The number of nitrogens with zero attached hydrogens (tertiary/aromatic N) is 1. The molecule has 0 bridgehead atoms. The minimum Gasteiger partial charge on any atom is -0.506 e. The van der Waals surface area contributed by atoms with Gasteiger partial charge in [0.25, 0.3) is 12.3 Å². The Morgan fingerprint density at radius 3 is 2.69 bits per heavy atom. The van der Waals surface area contributed by atoms with E-state index in [1.807, 2.05) is 0 Å². The highest BCUT2D eigenvalue weighted by atomic mass is 19.3. The van der Waals surface area contributed by atoms with Gasteiger partial charge in [-0.25, -0.2) is 8.78 Å². The third-order valence-electron chi connectivity index (χ3n) is 2.04. The number of phenolic OH excluding ortho intramolecular Hbond substituents is 1. The topological polar surface area (TPSA) is 66.6 Å². The molecule has 0 radical (unpaired) electrons. The molecule has 6 heteroatoms. The molecule has 0 aliphatic carbocycles. The largest absolute Gasteiger partial charge is 0.506 e. The fourth-order valence-electron chi connectivity index (χ4n) is 1.19. The number of hydrogen-bond donors (Lipinski definition) is 2. The Labute approximate surface area is 91.3 Å². The van der Waals surface area contributed by atoms with Crippen LogP contribution >= 0.6 is 0 Å². The molecule has 0 saturated carbocycles. The first-order valence-electron chi connectivity index (χ1n) is 4.54. The average Bonchev–Trinajstić information content (AvgIpc) is 2.20. The lowest BCUT2D eigenvalue weighted by molar-refractivity contribution is 0.0620. The van der Waals surface area contributed by atoms with Crippen LogP contribution in [0.25, 0.3) is 0 Å². The minimum absolute atomic E-state index is 0.120. The van der Waals surface area contributed by atoms with Crippen molar-refractivity contribution in [3.05, 3.63) is 23.8 Å². The van der Waals surface area contributed by atoms with Gasteiger partial charge < -0.3 is 15.7 Å². The van der Waals surface area contributed by atoms with Gasteiger partial charge in [-0.05, 0) is 18.2 Å². The molecule has 1 aromatic rings. The van der Waals surface area contributed by atoms with Crippen molar-refractivity contribution in [3.8, 4) is 5.75 Å². The summed E-state index contributed by atoms with van der Waals surface area (Å²) >= 11 is 0. The van der Waals surface area contributed by atoms with Crippen LogP contribution in [0.2, 0.25) is 0 Å². The zero-order chi connectivity index (χ0) is 12.3. The van der Waals surface area contributed by atoms with Crippen LogP contribution in [0.4, 0.5) is 14.5 Å². The number of amides is 1. The predicted molar refractivity (Wildman–Crippen MR) is 55.5 cm³/mol. The van der Waals surface area contributed by atoms with E-state index in [-0.39, 0.29) is 17.0 Å². The van der Waals surface area contributed by atoms with Crippen LogP contribution in [0.3, 0.4) is 0 Å². The van der Waals surface area contributed by atoms with Crippen molar-refractivity contribution >= 4 is 11.6 Å². The summed E-state index contributed by atoms with van der Waals surface area (Å²) in [4.78, 5) is 12.5. The van der Waals surface area contributed by atoms with Gasteiger partial charge >= 0.3 is 0 Å². The van der Waals surface area contributed by atoms with Gasteiger partial charge in [0, 0.05) is 12.6 Å². The van der Waals surface area contributed by atoms with E-state index < -0.39 is 18.9 Å². The van der Waals surface area contributed by atoms with Gasteiger partial charge in [0.1, 0.15) is 5.75 Å². The summed E-state index contributed by atoms with van der Waals surface area (Å²) in [6, 6.07) is 3.87. The molecule has 88 valence electrons. The van der Waals surface area contributed by atoms with E-state index in [0.29, 0.717) is 0 Å². The van der Waals surface area contributed by atoms with Gasteiger partial charge in [0.05, 0.1) is 12.2 Å². The molecule has 0 aliphatic rings. The van der Waals surface area contributed by atoms with Gasteiger partial charge in [-0.1, -0.05) is 0 Å². The summed E-state index contributed by atoms with van der Waals surface area (Å²) in [6.07, 6.45) is -2.59. The van der Waals surface area contributed by atoms with Gasteiger partial charge in [-0.3, -0.25) is 4.79 Å². The number of phenols is 1. The van der Waals surface area contributed by atoms with Crippen LogP contribution < -0.4 is 5.73 Å². The predicted octanol–water partition coefficient (Wildman–Crippen LogP) is 1.31. The summed E-state index contributed by atoms with van der Waals surface area (Å²) in [5.74, 6) is -0.827. The number of nitrogen functional groups attached to an aromatic ring is 1. The van der Waals surface area contributed by atoms with E-state index in [2.05, 4.69) is 0 Å². The van der Waals surface area contributed by atoms with Crippen LogP contribution in [0, 0.1) is 0 Å². The van der Waals surface area contributed by atoms with Crippen molar-refractivity contribution in [1.82, 2.24) is 4.90 Å². The van der Waals surface area contributed by atoms with Crippen molar-refractivity contribution < 1.29 is 18.7 Å². The van der Waals surface area contributed by atoms with Crippen LogP contribution in [0.5, 0.6) is 5.75 Å². The van der Waals surface area contributed by atoms with Gasteiger partial charge in [0.2, 0.25) is 0 Å². The monoisotopic (exact) mass is 230 g/mol. The Balaban J connectivity index is 2.84. The molecule has 0 spiro atoms. The van der Waals surface area contributed by atoms with Crippen LogP contribution in [-0.2, 0) is 0 Å². The van der Waals surface area contributed by atoms with E-state index in [9.17, 15) is 18.7 Å². The molecular weight excluding hydrogens is 218 g/mol. The van der Waals surface area contributed by atoms with Crippen LogP contribution in [0.1, 0.15) is 10.4 Å². The molecule has 1 aromatic carbocycles. The van der Waals surface area contributed by atoms with Crippen molar-refractivity contribution in [3.63, 3.8) is 0 Å². The van der Waals surface area contributed by atoms with E-state index in [1.54, 1.807) is 0 Å². The Hall–Kier alpha value is -1.85. The molecule has 0 saturated heterocycles. The Bertz CT molecular complexity index is 396. The quantitative estimate of drug-likeness (QED) is 0.607. The molecule has 0 unspecified atom stereocenters. The number of nitrogens with two attached hydrogens (primary N) is 1. The maximum atomic E-state index is 12.0. The second-order valence-electron chi connectivity index (χ2n) is 3.35. The zero-order valence-corrected chi connectivity index (χ0v) is 8.65. The fourth-order valence-corrected chi connectivity index (χ4v) is 1.19. The number of benzene rings is 1. The maximum Gasteiger partial charge on any atom is 0.255 e. The second-order valence-corrected chi connectivity index (χ2v) is 3.35. The lowest BCUT2D eigenvalue weighted by Crippen LogP contribution is -2.31. The van der Waals surface area contributed by atoms with Crippen molar-refractivity contribution in [2.75, 3.05) is 19.3 Å².